The summed E-state index contributed by atoms with van der Waals surface area (Å²) < 4.78 is 38.1. The zero-order valence-electron chi connectivity index (χ0n) is 12.7. The molecule has 0 unspecified atom stereocenters. The Morgan fingerprint density at radius 3 is 2.78 bits per heavy atom. The number of benzene rings is 1. The highest BCUT2D eigenvalue weighted by Gasteiger charge is 2.30. The van der Waals surface area contributed by atoms with Crippen molar-refractivity contribution in [1.82, 2.24) is 10.6 Å². The van der Waals surface area contributed by atoms with Crippen LogP contribution in [0.2, 0.25) is 0 Å². The molecule has 0 aromatic heterocycles. The Bertz CT molecular complexity index is 587. The van der Waals surface area contributed by atoms with Gasteiger partial charge in [0, 0.05) is 13.0 Å². The standard InChI is InChI=1S/C16H19F3N2O2/c1-10(11-3-2-4-12(9-11)16(17,18)19)7-8-20-15(23)13-5-6-14(22)21-13/h2-4,9-10,13H,5-8H2,1H3,(H,20,23)(H,21,22)/t10-,13+/m1/s1. The Kier molecular flexibility index (Phi) is 5.28. The van der Waals surface area contributed by atoms with Crippen LogP contribution in [0.15, 0.2) is 24.3 Å². The maximum absolute atomic E-state index is 12.7. The molecule has 1 fully saturated rings. The Labute approximate surface area is 132 Å². The summed E-state index contributed by atoms with van der Waals surface area (Å²) in [6.07, 6.45) is -3.01. The van der Waals surface area contributed by atoms with Gasteiger partial charge in [-0.15, -0.1) is 0 Å². The molecule has 0 saturated carbocycles. The van der Waals surface area contributed by atoms with Crippen molar-refractivity contribution in [2.24, 2.45) is 0 Å². The van der Waals surface area contributed by atoms with E-state index in [1.54, 1.807) is 6.07 Å². The molecular weight excluding hydrogens is 309 g/mol. The number of halogens is 3. The van der Waals surface area contributed by atoms with Crippen molar-refractivity contribution in [1.29, 1.82) is 0 Å². The third kappa shape index (κ3) is 4.71. The first-order chi connectivity index (χ1) is 10.8. The van der Waals surface area contributed by atoms with Crippen LogP contribution in [-0.2, 0) is 15.8 Å². The smallest absolute Gasteiger partial charge is 0.354 e. The van der Waals surface area contributed by atoms with Crippen LogP contribution in [0.1, 0.15) is 43.2 Å². The molecule has 126 valence electrons. The summed E-state index contributed by atoms with van der Waals surface area (Å²) in [5.41, 5.74) is -0.0807. The summed E-state index contributed by atoms with van der Waals surface area (Å²) in [5.74, 6) is -0.495. The predicted octanol–water partition coefficient (Wildman–Crippen LogP) is 2.59. The fraction of sp³-hybridized carbons (Fsp3) is 0.500. The molecule has 2 atom stereocenters. The zero-order valence-corrected chi connectivity index (χ0v) is 12.7. The van der Waals surface area contributed by atoms with E-state index in [0.717, 1.165) is 12.1 Å². The zero-order chi connectivity index (χ0) is 17.0. The molecule has 1 saturated heterocycles. The topological polar surface area (TPSA) is 58.2 Å². The summed E-state index contributed by atoms with van der Waals surface area (Å²) in [4.78, 5) is 22.9. The third-order valence-electron chi connectivity index (χ3n) is 3.97. The fourth-order valence-corrected chi connectivity index (χ4v) is 2.53. The van der Waals surface area contributed by atoms with E-state index in [0.29, 0.717) is 31.4 Å². The quantitative estimate of drug-likeness (QED) is 0.873. The first kappa shape index (κ1) is 17.3. The molecular formula is C16H19F3N2O2. The molecule has 23 heavy (non-hydrogen) atoms. The SMILES string of the molecule is C[C@H](CCNC(=O)[C@@H]1CCC(=O)N1)c1cccc(C(F)(F)F)c1. The second kappa shape index (κ2) is 7.02. The average Bonchev–Trinajstić information content (AvgIpc) is 2.93. The normalized spacial score (nSPS) is 19.3. The number of carbonyl (C=O) groups excluding carboxylic acids is 2. The van der Waals surface area contributed by atoms with E-state index in [4.69, 9.17) is 0 Å². The monoisotopic (exact) mass is 328 g/mol. The predicted molar refractivity (Wildman–Crippen MR) is 78.7 cm³/mol. The van der Waals surface area contributed by atoms with Gasteiger partial charge in [-0.2, -0.15) is 13.2 Å². The van der Waals surface area contributed by atoms with Gasteiger partial charge in [0.1, 0.15) is 6.04 Å². The second-order valence-corrected chi connectivity index (χ2v) is 5.76. The summed E-state index contributed by atoms with van der Waals surface area (Å²) in [5, 5.41) is 5.29. The molecule has 7 heteroatoms. The van der Waals surface area contributed by atoms with Gasteiger partial charge in [-0.25, -0.2) is 0 Å². The molecule has 0 bridgehead atoms. The second-order valence-electron chi connectivity index (χ2n) is 5.76. The highest BCUT2D eigenvalue weighted by atomic mass is 19.4. The van der Waals surface area contributed by atoms with Crippen LogP contribution in [0.3, 0.4) is 0 Å². The molecule has 1 aliphatic heterocycles. The minimum absolute atomic E-state index is 0.115. The van der Waals surface area contributed by atoms with Gasteiger partial charge in [0.25, 0.3) is 0 Å². The van der Waals surface area contributed by atoms with E-state index in [1.807, 2.05) is 6.92 Å². The number of alkyl halides is 3. The van der Waals surface area contributed by atoms with Crippen LogP contribution >= 0.6 is 0 Å². The Morgan fingerprint density at radius 1 is 1.43 bits per heavy atom. The number of amides is 2. The van der Waals surface area contributed by atoms with Crippen molar-refractivity contribution in [2.75, 3.05) is 6.54 Å². The van der Waals surface area contributed by atoms with E-state index >= 15 is 0 Å². The van der Waals surface area contributed by atoms with Crippen LogP contribution in [0.5, 0.6) is 0 Å². The van der Waals surface area contributed by atoms with Gasteiger partial charge in [-0.3, -0.25) is 9.59 Å². The maximum Gasteiger partial charge on any atom is 0.416 e. The Morgan fingerprint density at radius 2 is 2.17 bits per heavy atom. The van der Waals surface area contributed by atoms with Gasteiger partial charge >= 0.3 is 6.18 Å². The van der Waals surface area contributed by atoms with Gasteiger partial charge in [-0.1, -0.05) is 25.1 Å². The van der Waals surface area contributed by atoms with Crippen LogP contribution in [-0.4, -0.2) is 24.4 Å². The van der Waals surface area contributed by atoms with Crippen LogP contribution < -0.4 is 10.6 Å². The van der Waals surface area contributed by atoms with Gasteiger partial charge < -0.3 is 10.6 Å². The molecule has 1 aliphatic rings. The lowest BCUT2D eigenvalue weighted by molar-refractivity contribution is -0.137. The number of carbonyl (C=O) groups is 2. The molecule has 1 aromatic rings. The number of nitrogens with one attached hydrogen (secondary N) is 2. The van der Waals surface area contributed by atoms with Crippen molar-refractivity contribution in [2.45, 2.75) is 44.3 Å². The Balaban J connectivity index is 1.84. The molecule has 2 rings (SSSR count). The Hall–Kier alpha value is -2.05. The lowest BCUT2D eigenvalue weighted by Crippen LogP contribution is -2.42. The van der Waals surface area contributed by atoms with Crippen LogP contribution in [0.25, 0.3) is 0 Å². The first-order valence-corrected chi connectivity index (χ1v) is 7.51. The number of hydrogen-bond acceptors (Lipinski definition) is 2. The average molecular weight is 328 g/mol. The van der Waals surface area contributed by atoms with Crippen LogP contribution in [0, 0.1) is 0 Å². The van der Waals surface area contributed by atoms with Crippen molar-refractivity contribution >= 4 is 11.8 Å². The summed E-state index contributed by atoms with van der Waals surface area (Å²) in [6, 6.07) is 4.73. The van der Waals surface area contributed by atoms with E-state index in [1.165, 1.54) is 6.07 Å². The summed E-state index contributed by atoms with van der Waals surface area (Å²) in [6.45, 7) is 2.17. The molecule has 1 heterocycles. The summed E-state index contributed by atoms with van der Waals surface area (Å²) >= 11 is 0. The molecule has 4 nitrogen and oxygen atoms in total. The fourth-order valence-electron chi connectivity index (χ4n) is 2.53. The minimum Gasteiger partial charge on any atom is -0.354 e. The van der Waals surface area contributed by atoms with Crippen molar-refractivity contribution in [3.05, 3.63) is 35.4 Å². The minimum atomic E-state index is -4.36. The lowest BCUT2D eigenvalue weighted by Gasteiger charge is -2.16. The molecule has 2 amide bonds. The highest BCUT2D eigenvalue weighted by molar-refractivity contribution is 5.90. The number of rotatable bonds is 5. The van der Waals surface area contributed by atoms with E-state index in [-0.39, 0.29) is 17.7 Å². The third-order valence-corrected chi connectivity index (χ3v) is 3.97. The largest absolute Gasteiger partial charge is 0.416 e. The van der Waals surface area contributed by atoms with Gasteiger partial charge in [0.2, 0.25) is 11.8 Å². The van der Waals surface area contributed by atoms with E-state index in [2.05, 4.69) is 10.6 Å². The molecule has 0 radical (unpaired) electrons. The summed E-state index contributed by atoms with van der Waals surface area (Å²) in [7, 11) is 0. The van der Waals surface area contributed by atoms with Gasteiger partial charge in [-0.05, 0) is 30.4 Å². The number of hydrogen-bond donors (Lipinski definition) is 2. The van der Waals surface area contributed by atoms with Crippen molar-refractivity contribution < 1.29 is 22.8 Å². The van der Waals surface area contributed by atoms with Crippen LogP contribution in [0.4, 0.5) is 13.2 Å². The van der Waals surface area contributed by atoms with Gasteiger partial charge in [0.15, 0.2) is 0 Å². The van der Waals surface area contributed by atoms with Crippen molar-refractivity contribution in [3.8, 4) is 0 Å². The maximum atomic E-state index is 12.7. The van der Waals surface area contributed by atoms with Crippen molar-refractivity contribution in [3.63, 3.8) is 0 Å². The molecule has 2 N–H and O–H groups in total. The van der Waals surface area contributed by atoms with Gasteiger partial charge in [0.05, 0.1) is 5.56 Å². The van der Waals surface area contributed by atoms with E-state index in [9.17, 15) is 22.8 Å². The molecule has 0 spiro atoms. The highest BCUT2D eigenvalue weighted by Crippen LogP contribution is 2.31. The molecule has 1 aromatic carbocycles. The molecule has 0 aliphatic carbocycles. The first-order valence-electron chi connectivity index (χ1n) is 7.51. The lowest BCUT2D eigenvalue weighted by atomic mass is 9.96. The van der Waals surface area contributed by atoms with E-state index < -0.39 is 17.8 Å².